The van der Waals surface area contributed by atoms with Crippen LogP contribution in [0.25, 0.3) is 0 Å². The average molecular weight is 205 g/mol. The molecule has 3 heterocycles. The third-order valence-electron chi connectivity index (χ3n) is 3.55. The van der Waals surface area contributed by atoms with Crippen LogP contribution in [0.4, 0.5) is 0 Å². The average Bonchev–Trinajstić information content (AvgIpc) is 2.91. The molecule has 4 nitrogen and oxygen atoms in total. The lowest BCUT2D eigenvalue weighted by atomic mass is 9.90. The highest BCUT2D eigenvalue weighted by molar-refractivity contribution is 5.16. The summed E-state index contributed by atoms with van der Waals surface area (Å²) < 4.78 is 5.11. The van der Waals surface area contributed by atoms with Gasteiger partial charge in [0.2, 0.25) is 5.88 Å². The monoisotopic (exact) mass is 205 g/mol. The number of hydrogen-bond acceptors (Lipinski definition) is 4. The second-order valence-corrected chi connectivity index (χ2v) is 4.40. The molecular weight excluding hydrogens is 190 g/mol. The van der Waals surface area contributed by atoms with Gasteiger partial charge in [-0.15, -0.1) is 0 Å². The Labute approximate surface area is 89.3 Å². The number of aromatic nitrogens is 2. The molecule has 80 valence electrons. The van der Waals surface area contributed by atoms with Crippen LogP contribution in [-0.2, 0) is 0 Å². The van der Waals surface area contributed by atoms with Crippen molar-refractivity contribution in [3.63, 3.8) is 0 Å². The fraction of sp³-hybridized carbons (Fsp3) is 0.636. The van der Waals surface area contributed by atoms with E-state index in [1.165, 1.54) is 19.5 Å². The summed E-state index contributed by atoms with van der Waals surface area (Å²) >= 11 is 0. The van der Waals surface area contributed by atoms with Gasteiger partial charge in [0.25, 0.3) is 0 Å². The molecule has 4 heteroatoms. The van der Waals surface area contributed by atoms with Gasteiger partial charge in [0.15, 0.2) is 0 Å². The van der Waals surface area contributed by atoms with Crippen LogP contribution in [0.3, 0.4) is 0 Å². The summed E-state index contributed by atoms with van der Waals surface area (Å²) in [7, 11) is 1.64. The normalized spacial score (nSPS) is 33.3. The number of rotatable bonds is 2. The van der Waals surface area contributed by atoms with Gasteiger partial charge in [-0.3, -0.25) is 4.98 Å². The first-order valence-corrected chi connectivity index (χ1v) is 5.45. The number of fused-ring (bicyclic) bond motifs is 2. The first-order chi connectivity index (χ1) is 7.36. The lowest BCUT2D eigenvalue weighted by Crippen LogP contribution is -2.22. The van der Waals surface area contributed by atoms with E-state index in [2.05, 4.69) is 14.9 Å². The number of methoxy groups -OCH3 is 1. The van der Waals surface area contributed by atoms with E-state index in [1.807, 2.05) is 6.20 Å². The third-order valence-corrected chi connectivity index (χ3v) is 3.55. The van der Waals surface area contributed by atoms with Gasteiger partial charge < -0.3 is 9.64 Å². The SMILES string of the molecule is COc1cncc([C@H]2CN3CCC2C3)n1. The number of nitrogens with zero attached hydrogens (tertiary/aromatic N) is 3. The molecule has 0 saturated carbocycles. The summed E-state index contributed by atoms with van der Waals surface area (Å²) in [4.78, 5) is 11.2. The Balaban J connectivity index is 1.86. The van der Waals surface area contributed by atoms with Crippen molar-refractivity contribution in [3.8, 4) is 5.88 Å². The summed E-state index contributed by atoms with van der Waals surface area (Å²) in [6.45, 7) is 3.65. The lowest BCUT2D eigenvalue weighted by Gasteiger charge is -2.21. The standard InChI is InChI=1S/C11H15N3O/c1-15-11-5-12-4-10(13-11)9-7-14-3-2-8(9)6-14/h4-5,8-9H,2-3,6-7H2,1H3/t8?,9-/m0/s1. The van der Waals surface area contributed by atoms with E-state index in [1.54, 1.807) is 13.3 Å². The van der Waals surface area contributed by atoms with Gasteiger partial charge in [0.05, 0.1) is 19.0 Å². The smallest absolute Gasteiger partial charge is 0.232 e. The van der Waals surface area contributed by atoms with Gasteiger partial charge >= 0.3 is 0 Å². The Morgan fingerprint density at radius 2 is 2.33 bits per heavy atom. The van der Waals surface area contributed by atoms with Crippen molar-refractivity contribution >= 4 is 0 Å². The molecule has 2 bridgehead atoms. The summed E-state index contributed by atoms with van der Waals surface area (Å²) in [6, 6.07) is 0. The van der Waals surface area contributed by atoms with Crippen LogP contribution in [0.5, 0.6) is 5.88 Å². The van der Waals surface area contributed by atoms with Crippen molar-refractivity contribution < 1.29 is 4.74 Å². The maximum atomic E-state index is 5.11. The van der Waals surface area contributed by atoms with Crippen molar-refractivity contribution in [1.29, 1.82) is 0 Å². The second kappa shape index (κ2) is 3.45. The van der Waals surface area contributed by atoms with Crippen molar-refractivity contribution in [2.75, 3.05) is 26.7 Å². The lowest BCUT2D eigenvalue weighted by molar-refractivity contribution is 0.339. The first-order valence-electron chi connectivity index (χ1n) is 5.45. The van der Waals surface area contributed by atoms with Gasteiger partial charge in [-0.05, 0) is 18.9 Å². The van der Waals surface area contributed by atoms with E-state index in [0.29, 0.717) is 11.8 Å². The van der Waals surface area contributed by atoms with Gasteiger partial charge in [-0.2, -0.15) is 0 Å². The predicted molar refractivity (Wildman–Crippen MR) is 55.9 cm³/mol. The Bertz CT molecular complexity index is 369. The van der Waals surface area contributed by atoms with Crippen molar-refractivity contribution in [2.45, 2.75) is 12.3 Å². The molecule has 0 N–H and O–H groups in total. The minimum absolute atomic E-state index is 0.571. The molecule has 0 spiro atoms. The van der Waals surface area contributed by atoms with Crippen molar-refractivity contribution in [1.82, 2.24) is 14.9 Å². The number of ether oxygens (including phenoxy) is 1. The first kappa shape index (κ1) is 9.09. The van der Waals surface area contributed by atoms with Crippen LogP contribution in [0.15, 0.2) is 12.4 Å². The Kier molecular flexibility index (Phi) is 2.09. The molecule has 2 unspecified atom stereocenters. The highest BCUT2D eigenvalue weighted by Crippen LogP contribution is 2.38. The summed E-state index contributed by atoms with van der Waals surface area (Å²) in [6.07, 6.45) is 4.86. The van der Waals surface area contributed by atoms with Crippen molar-refractivity contribution in [3.05, 3.63) is 18.1 Å². The number of piperidine rings is 1. The van der Waals surface area contributed by atoms with E-state index in [0.717, 1.165) is 18.2 Å². The molecule has 2 aliphatic heterocycles. The molecule has 15 heavy (non-hydrogen) atoms. The number of hydrogen-bond donors (Lipinski definition) is 0. The molecule has 2 aliphatic rings. The highest BCUT2D eigenvalue weighted by atomic mass is 16.5. The van der Waals surface area contributed by atoms with Crippen LogP contribution in [0, 0.1) is 5.92 Å². The molecule has 1 aromatic heterocycles. The van der Waals surface area contributed by atoms with Crippen LogP contribution in [-0.4, -0.2) is 41.6 Å². The van der Waals surface area contributed by atoms with Crippen LogP contribution < -0.4 is 4.74 Å². The fourth-order valence-electron chi connectivity index (χ4n) is 2.76. The maximum absolute atomic E-state index is 5.11. The van der Waals surface area contributed by atoms with E-state index < -0.39 is 0 Å². The molecule has 3 atom stereocenters. The predicted octanol–water partition coefficient (Wildman–Crippen LogP) is 0.904. The van der Waals surface area contributed by atoms with Gasteiger partial charge in [0, 0.05) is 25.2 Å². The molecular formula is C11H15N3O. The molecule has 0 aliphatic carbocycles. The maximum Gasteiger partial charge on any atom is 0.232 e. The van der Waals surface area contributed by atoms with E-state index in [-0.39, 0.29) is 0 Å². The minimum atomic E-state index is 0.571. The largest absolute Gasteiger partial charge is 0.480 e. The third kappa shape index (κ3) is 1.49. The van der Waals surface area contributed by atoms with E-state index >= 15 is 0 Å². The zero-order chi connectivity index (χ0) is 10.3. The van der Waals surface area contributed by atoms with Gasteiger partial charge in [-0.25, -0.2) is 4.98 Å². The Morgan fingerprint density at radius 1 is 1.40 bits per heavy atom. The van der Waals surface area contributed by atoms with Gasteiger partial charge in [0.1, 0.15) is 0 Å². The quantitative estimate of drug-likeness (QED) is 0.719. The van der Waals surface area contributed by atoms with Gasteiger partial charge in [-0.1, -0.05) is 0 Å². The topological polar surface area (TPSA) is 38.2 Å². The molecule has 1 aromatic rings. The summed E-state index contributed by atoms with van der Waals surface area (Å²) in [5.74, 6) is 1.98. The molecule has 2 fully saturated rings. The molecule has 3 rings (SSSR count). The highest BCUT2D eigenvalue weighted by Gasteiger charge is 2.39. The minimum Gasteiger partial charge on any atom is -0.480 e. The van der Waals surface area contributed by atoms with Crippen LogP contribution in [0.2, 0.25) is 0 Å². The Morgan fingerprint density at radius 3 is 3.00 bits per heavy atom. The molecule has 0 radical (unpaired) electrons. The van der Waals surface area contributed by atoms with E-state index in [4.69, 9.17) is 4.74 Å². The molecule has 2 saturated heterocycles. The molecule has 0 amide bonds. The zero-order valence-electron chi connectivity index (χ0n) is 8.89. The van der Waals surface area contributed by atoms with Crippen molar-refractivity contribution in [2.24, 2.45) is 5.92 Å². The summed E-state index contributed by atoms with van der Waals surface area (Å²) in [5, 5.41) is 0. The summed E-state index contributed by atoms with van der Waals surface area (Å²) in [5.41, 5.74) is 1.10. The second-order valence-electron chi connectivity index (χ2n) is 4.40. The molecule has 0 aromatic carbocycles. The van der Waals surface area contributed by atoms with Crippen LogP contribution >= 0.6 is 0 Å². The zero-order valence-corrected chi connectivity index (χ0v) is 8.89. The fourth-order valence-corrected chi connectivity index (χ4v) is 2.76. The van der Waals surface area contributed by atoms with Crippen LogP contribution in [0.1, 0.15) is 18.0 Å². The Hall–Kier alpha value is -1.16. The van der Waals surface area contributed by atoms with E-state index in [9.17, 15) is 0 Å².